The number of benzene rings is 2. The second-order valence-electron chi connectivity index (χ2n) is 7.19. The van der Waals surface area contributed by atoms with E-state index in [0.717, 1.165) is 33.7 Å². The van der Waals surface area contributed by atoms with Crippen molar-refractivity contribution < 1.29 is 5.11 Å². The Bertz CT molecular complexity index is 1290. The lowest BCUT2D eigenvalue weighted by molar-refractivity contribution is 0.292. The van der Waals surface area contributed by atoms with E-state index in [4.69, 9.17) is 5.11 Å². The third-order valence-electron chi connectivity index (χ3n) is 5.12. The molecule has 0 saturated heterocycles. The molecular weight excluding hydrogens is 392 g/mol. The van der Waals surface area contributed by atoms with E-state index in [1.54, 1.807) is 11.3 Å². The molecule has 0 saturated carbocycles. The fourth-order valence-electron chi connectivity index (χ4n) is 3.58. The Labute approximate surface area is 178 Å². The standard InChI is InChI=1S/C24H22N4OS/c29-12-11-25-15-16-1-3-17(4-2-16)23-14-20-22(8-10-27-24(20)30-23)28-19-5-6-21-18(13-19)7-9-26-21/h1-10,13-14,25-26,29H,11-12,15H2,(H,27,28). The fraction of sp³-hybridized carbons (Fsp3) is 0.125. The average molecular weight is 415 g/mol. The smallest absolute Gasteiger partial charge is 0.125 e. The van der Waals surface area contributed by atoms with Crippen molar-refractivity contribution >= 4 is 43.8 Å². The van der Waals surface area contributed by atoms with Crippen molar-refractivity contribution in [2.75, 3.05) is 18.5 Å². The summed E-state index contributed by atoms with van der Waals surface area (Å²) in [6.45, 7) is 1.52. The number of H-pyrrole nitrogens is 1. The van der Waals surface area contributed by atoms with Gasteiger partial charge in [-0.3, -0.25) is 0 Å². The number of hydrogen-bond donors (Lipinski definition) is 4. The molecular formula is C24H22N4OS. The first-order chi connectivity index (χ1) is 14.8. The molecule has 0 aliphatic rings. The quantitative estimate of drug-likeness (QED) is 0.274. The van der Waals surface area contributed by atoms with E-state index in [2.05, 4.69) is 75.2 Å². The lowest BCUT2D eigenvalue weighted by Crippen LogP contribution is -2.17. The highest BCUT2D eigenvalue weighted by atomic mass is 32.1. The van der Waals surface area contributed by atoms with Crippen molar-refractivity contribution in [1.29, 1.82) is 0 Å². The molecule has 0 unspecified atom stereocenters. The Morgan fingerprint density at radius 1 is 1.00 bits per heavy atom. The van der Waals surface area contributed by atoms with Crippen molar-refractivity contribution in [3.05, 3.63) is 78.6 Å². The Morgan fingerprint density at radius 3 is 2.77 bits per heavy atom. The van der Waals surface area contributed by atoms with Crippen LogP contribution in [0.5, 0.6) is 0 Å². The molecule has 2 aromatic carbocycles. The third-order valence-corrected chi connectivity index (χ3v) is 6.22. The molecule has 0 atom stereocenters. The van der Waals surface area contributed by atoms with Gasteiger partial charge in [0, 0.05) is 52.3 Å². The Kier molecular flexibility index (Phi) is 5.19. The molecule has 5 rings (SSSR count). The molecule has 5 nitrogen and oxygen atoms in total. The molecule has 3 aromatic heterocycles. The Hall–Kier alpha value is -3.19. The summed E-state index contributed by atoms with van der Waals surface area (Å²) < 4.78 is 0. The zero-order chi connectivity index (χ0) is 20.3. The maximum Gasteiger partial charge on any atom is 0.125 e. The van der Waals surface area contributed by atoms with Crippen LogP contribution in [0.3, 0.4) is 0 Å². The fourth-order valence-corrected chi connectivity index (χ4v) is 4.61. The first kappa shape index (κ1) is 18.8. The number of rotatable bonds is 7. The molecule has 5 aromatic rings. The molecule has 0 fully saturated rings. The highest BCUT2D eigenvalue weighted by Crippen LogP contribution is 2.37. The zero-order valence-electron chi connectivity index (χ0n) is 16.4. The first-order valence-corrected chi connectivity index (χ1v) is 10.8. The molecule has 6 heteroatoms. The van der Waals surface area contributed by atoms with Crippen LogP contribution in [-0.4, -0.2) is 28.2 Å². The Morgan fingerprint density at radius 2 is 1.90 bits per heavy atom. The van der Waals surface area contributed by atoms with Crippen molar-refractivity contribution in [2.24, 2.45) is 0 Å². The van der Waals surface area contributed by atoms with Gasteiger partial charge in [0.25, 0.3) is 0 Å². The maximum atomic E-state index is 8.88. The predicted octanol–water partition coefficient (Wildman–Crippen LogP) is 5.27. The number of nitrogens with one attached hydrogen (secondary N) is 3. The number of fused-ring (bicyclic) bond motifs is 2. The first-order valence-electron chi connectivity index (χ1n) is 9.94. The van der Waals surface area contributed by atoms with Crippen molar-refractivity contribution in [3.8, 4) is 10.4 Å². The van der Waals surface area contributed by atoms with E-state index >= 15 is 0 Å². The molecule has 150 valence electrons. The van der Waals surface area contributed by atoms with Gasteiger partial charge in [0.15, 0.2) is 0 Å². The summed E-state index contributed by atoms with van der Waals surface area (Å²) in [6.07, 6.45) is 3.81. The average Bonchev–Trinajstić information content (AvgIpc) is 3.41. The molecule has 0 radical (unpaired) electrons. The van der Waals surface area contributed by atoms with Crippen molar-refractivity contribution in [1.82, 2.24) is 15.3 Å². The van der Waals surface area contributed by atoms with Gasteiger partial charge in [-0.2, -0.15) is 0 Å². The SMILES string of the molecule is OCCNCc1ccc(-c2cc3c(Nc4ccc5[nH]ccc5c4)ccnc3s2)cc1. The van der Waals surface area contributed by atoms with Crippen LogP contribution in [0.15, 0.2) is 73.1 Å². The van der Waals surface area contributed by atoms with Gasteiger partial charge in [0.1, 0.15) is 4.83 Å². The number of anilines is 2. The van der Waals surface area contributed by atoms with Crippen LogP contribution in [0.4, 0.5) is 11.4 Å². The van der Waals surface area contributed by atoms with Gasteiger partial charge >= 0.3 is 0 Å². The topological polar surface area (TPSA) is 73.0 Å². The number of aromatic nitrogens is 2. The molecule has 0 spiro atoms. The van der Waals surface area contributed by atoms with Gasteiger partial charge in [-0.25, -0.2) is 4.98 Å². The van der Waals surface area contributed by atoms with Crippen LogP contribution < -0.4 is 10.6 Å². The minimum Gasteiger partial charge on any atom is -0.395 e. The molecule has 0 amide bonds. The van der Waals surface area contributed by atoms with Crippen molar-refractivity contribution in [3.63, 3.8) is 0 Å². The summed E-state index contributed by atoms with van der Waals surface area (Å²) >= 11 is 1.70. The van der Waals surface area contributed by atoms with E-state index < -0.39 is 0 Å². The largest absolute Gasteiger partial charge is 0.395 e. The van der Waals surface area contributed by atoms with Crippen LogP contribution in [0.1, 0.15) is 5.56 Å². The summed E-state index contributed by atoms with van der Waals surface area (Å²) in [6, 6.07) is 21.2. The highest BCUT2D eigenvalue weighted by Gasteiger charge is 2.10. The lowest BCUT2D eigenvalue weighted by atomic mass is 10.1. The molecule has 0 bridgehead atoms. The van der Waals surface area contributed by atoms with Gasteiger partial charge in [0.05, 0.1) is 12.3 Å². The molecule has 0 aliphatic heterocycles. The summed E-state index contributed by atoms with van der Waals surface area (Å²) in [5, 5.41) is 18.0. The monoisotopic (exact) mass is 414 g/mol. The van der Waals surface area contributed by atoms with Gasteiger partial charge in [-0.15, -0.1) is 11.3 Å². The number of aromatic amines is 1. The molecule has 30 heavy (non-hydrogen) atoms. The second-order valence-corrected chi connectivity index (χ2v) is 8.22. The van der Waals surface area contributed by atoms with Gasteiger partial charge in [0.2, 0.25) is 0 Å². The van der Waals surface area contributed by atoms with E-state index in [9.17, 15) is 0 Å². The summed E-state index contributed by atoms with van der Waals surface area (Å²) in [7, 11) is 0. The maximum absolute atomic E-state index is 8.88. The molecule has 3 heterocycles. The van der Waals surface area contributed by atoms with Gasteiger partial charge < -0.3 is 20.7 Å². The summed E-state index contributed by atoms with van der Waals surface area (Å²) in [5.41, 5.74) is 5.63. The van der Waals surface area contributed by atoms with E-state index in [-0.39, 0.29) is 6.61 Å². The third kappa shape index (κ3) is 3.80. The zero-order valence-corrected chi connectivity index (χ0v) is 17.2. The molecule has 4 N–H and O–H groups in total. The van der Waals surface area contributed by atoms with E-state index in [1.807, 2.05) is 18.5 Å². The second kappa shape index (κ2) is 8.28. The minimum absolute atomic E-state index is 0.155. The molecule has 0 aliphatic carbocycles. The Balaban J connectivity index is 1.42. The van der Waals surface area contributed by atoms with Gasteiger partial charge in [-0.05, 0) is 47.5 Å². The number of thiophene rings is 1. The summed E-state index contributed by atoms with van der Waals surface area (Å²) in [4.78, 5) is 10.0. The number of hydrogen-bond acceptors (Lipinski definition) is 5. The van der Waals surface area contributed by atoms with E-state index in [1.165, 1.54) is 21.4 Å². The van der Waals surface area contributed by atoms with Crippen LogP contribution in [0, 0.1) is 0 Å². The number of aliphatic hydroxyl groups excluding tert-OH is 1. The van der Waals surface area contributed by atoms with Gasteiger partial charge in [-0.1, -0.05) is 24.3 Å². The highest BCUT2D eigenvalue weighted by molar-refractivity contribution is 7.21. The summed E-state index contributed by atoms with van der Waals surface area (Å²) in [5.74, 6) is 0. The van der Waals surface area contributed by atoms with Crippen LogP contribution >= 0.6 is 11.3 Å². The minimum atomic E-state index is 0.155. The lowest BCUT2D eigenvalue weighted by Gasteiger charge is -2.07. The van der Waals surface area contributed by atoms with Crippen LogP contribution in [0.25, 0.3) is 31.6 Å². The number of aliphatic hydroxyl groups is 1. The van der Waals surface area contributed by atoms with Crippen LogP contribution in [-0.2, 0) is 6.54 Å². The normalized spacial score (nSPS) is 11.4. The van der Waals surface area contributed by atoms with Crippen LogP contribution in [0.2, 0.25) is 0 Å². The predicted molar refractivity (Wildman–Crippen MR) is 125 cm³/mol. The van der Waals surface area contributed by atoms with E-state index in [0.29, 0.717) is 6.54 Å². The number of pyridine rings is 1. The number of nitrogens with zero attached hydrogens (tertiary/aromatic N) is 1. The van der Waals surface area contributed by atoms with Crippen molar-refractivity contribution in [2.45, 2.75) is 6.54 Å².